The average Bonchev–Trinajstić information content (AvgIpc) is 3.06. The third-order valence-corrected chi connectivity index (χ3v) is 7.22. The van der Waals surface area contributed by atoms with Gasteiger partial charge in [0.15, 0.2) is 0 Å². The SMILES string of the molecule is CC(C)[C@@H](C(=O)N1CCc2cc(S(=O)(=O)N(C)C)ccc21)c1ccc(Cl)cc1. The number of anilines is 1. The summed E-state index contributed by atoms with van der Waals surface area (Å²) in [5, 5.41) is 0.639. The molecule has 2 aromatic rings. The number of sulfonamides is 1. The molecule has 150 valence electrons. The van der Waals surface area contributed by atoms with Crippen molar-refractivity contribution in [3.05, 3.63) is 58.6 Å². The highest BCUT2D eigenvalue weighted by Crippen LogP contribution is 2.35. The maximum Gasteiger partial charge on any atom is 0.242 e. The topological polar surface area (TPSA) is 57.7 Å². The maximum atomic E-state index is 13.4. The van der Waals surface area contributed by atoms with Crippen LogP contribution < -0.4 is 4.90 Å². The van der Waals surface area contributed by atoms with Crippen molar-refractivity contribution in [2.45, 2.75) is 31.1 Å². The number of nitrogens with zero attached hydrogens (tertiary/aromatic N) is 2. The van der Waals surface area contributed by atoms with Crippen LogP contribution in [0.1, 0.15) is 30.9 Å². The summed E-state index contributed by atoms with van der Waals surface area (Å²) in [6, 6.07) is 12.4. The number of rotatable bonds is 5. The molecule has 0 saturated heterocycles. The van der Waals surface area contributed by atoms with Crippen LogP contribution in [0, 0.1) is 5.92 Å². The number of hydrogen-bond donors (Lipinski definition) is 0. The van der Waals surface area contributed by atoms with Gasteiger partial charge in [0.1, 0.15) is 0 Å². The number of carbonyl (C=O) groups excluding carboxylic acids is 1. The molecule has 0 radical (unpaired) electrons. The first kappa shape index (κ1) is 20.8. The zero-order chi connectivity index (χ0) is 20.6. The van der Waals surface area contributed by atoms with Gasteiger partial charge in [-0.25, -0.2) is 12.7 Å². The van der Waals surface area contributed by atoms with Gasteiger partial charge >= 0.3 is 0 Å². The molecule has 1 aliphatic rings. The Balaban J connectivity index is 1.94. The fourth-order valence-electron chi connectivity index (χ4n) is 3.63. The third kappa shape index (κ3) is 3.81. The van der Waals surface area contributed by atoms with Crippen LogP contribution in [0.5, 0.6) is 0 Å². The van der Waals surface area contributed by atoms with Gasteiger partial charge in [0.25, 0.3) is 0 Å². The van der Waals surface area contributed by atoms with Gasteiger partial charge in [0, 0.05) is 31.4 Å². The van der Waals surface area contributed by atoms with E-state index in [0.717, 1.165) is 16.8 Å². The minimum absolute atomic E-state index is 0.0271. The Morgan fingerprint density at radius 3 is 2.32 bits per heavy atom. The maximum absolute atomic E-state index is 13.4. The van der Waals surface area contributed by atoms with Crippen molar-refractivity contribution >= 4 is 33.2 Å². The molecule has 0 N–H and O–H groups in total. The van der Waals surface area contributed by atoms with Crippen molar-refractivity contribution in [2.24, 2.45) is 5.92 Å². The Hall–Kier alpha value is -1.89. The molecule has 0 bridgehead atoms. The summed E-state index contributed by atoms with van der Waals surface area (Å²) in [6.07, 6.45) is 0.642. The van der Waals surface area contributed by atoms with Gasteiger partial charge in [0.05, 0.1) is 10.8 Å². The number of carbonyl (C=O) groups is 1. The summed E-state index contributed by atoms with van der Waals surface area (Å²) in [5.41, 5.74) is 2.61. The van der Waals surface area contributed by atoms with Crippen molar-refractivity contribution < 1.29 is 13.2 Å². The Morgan fingerprint density at radius 1 is 1.11 bits per heavy atom. The Labute approximate surface area is 172 Å². The molecule has 28 heavy (non-hydrogen) atoms. The lowest BCUT2D eigenvalue weighted by Crippen LogP contribution is -2.35. The van der Waals surface area contributed by atoms with E-state index in [2.05, 4.69) is 0 Å². The Kier molecular flexibility index (Phi) is 5.84. The molecular formula is C21H25ClN2O3S. The van der Waals surface area contributed by atoms with Crippen LogP contribution in [0.2, 0.25) is 5.02 Å². The van der Waals surface area contributed by atoms with E-state index in [-0.39, 0.29) is 22.6 Å². The highest BCUT2D eigenvalue weighted by Gasteiger charge is 2.33. The minimum Gasteiger partial charge on any atom is -0.311 e. The lowest BCUT2D eigenvalue weighted by Gasteiger charge is -2.27. The van der Waals surface area contributed by atoms with E-state index in [1.165, 1.54) is 18.4 Å². The van der Waals surface area contributed by atoms with Gasteiger partial charge in [-0.15, -0.1) is 0 Å². The molecule has 1 amide bonds. The van der Waals surface area contributed by atoms with Gasteiger partial charge < -0.3 is 4.90 Å². The van der Waals surface area contributed by atoms with Gasteiger partial charge in [-0.2, -0.15) is 0 Å². The second kappa shape index (κ2) is 7.85. The smallest absolute Gasteiger partial charge is 0.242 e. The second-order valence-electron chi connectivity index (χ2n) is 7.59. The summed E-state index contributed by atoms with van der Waals surface area (Å²) in [6.45, 7) is 4.61. The van der Waals surface area contributed by atoms with E-state index in [1.807, 2.05) is 26.0 Å². The van der Waals surface area contributed by atoms with Gasteiger partial charge in [0.2, 0.25) is 15.9 Å². The normalized spacial score (nSPS) is 15.2. The summed E-state index contributed by atoms with van der Waals surface area (Å²) in [4.78, 5) is 15.4. The monoisotopic (exact) mass is 420 g/mol. The number of hydrogen-bond acceptors (Lipinski definition) is 3. The molecule has 2 aromatic carbocycles. The van der Waals surface area contributed by atoms with E-state index in [0.29, 0.717) is 18.0 Å². The molecule has 0 aliphatic carbocycles. The molecule has 0 unspecified atom stereocenters. The van der Waals surface area contributed by atoms with Crippen molar-refractivity contribution in [3.63, 3.8) is 0 Å². The van der Waals surface area contributed by atoms with Crippen molar-refractivity contribution in [1.29, 1.82) is 0 Å². The fourth-order valence-corrected chi connectivity index (χ4v) is 4.71. The van der Waals surface area contributed by atoms with Crippen molar-refractivity contribution in [3.8, 4) is 0 Å². The largest absolute Gasteiger partial charge is 0.311 e. The van der Waals surface area contributed by atoms with E-state index >= 15 is 0 Å². The number of fused-ring (bicyclic) bond motifs is 1. The Bertz CT molecular complexity index is 985. The lowest BCUT2D eigenvalue weighted by molar-refractivity contribution is -0.120. The minimum atomic E-state index is -3.50. The van der Waals surface area contributed by atoms with Crippen LogP contribution in [-0.4, -0.2) is 39.3 Å². The van der Waals surface area contributed by atoms with Crippen LogP contribution in [0.4, 0.5) is 5.69 Å². The van der Waals surface area contributed by atoms with Crippen LogP contribution >= 0.6 is 11.6 Å². The van der Waals surface area contributed by atoms with Crippen molar-refractivity contribution in [1.82, 2.24) is 4.31 Å². The molecule has 0 fully saturated rings. The number of halogens is 1. The molecule has 7 heteroatoms. The third-order valence-electron chi connectivity index (χ3n) is 5.15. The standard InChI is InChI=1S/C21H25ClN2O3S/c1-14(2)20(15-5-7-17(22)8-6-15)21(25)24-12-11-16-13-18(9-10-19(16)24)28(26,27)23(3)4/h5-10,13-14,20H,11-12H2,1-4H3/t20-/m1/s1. The molecule has 3 rings (SSSR count). The summed E-state index contributed by atoms with van der Waals surface area (Å²) in [7, 11) is -0.472. The predicted octanol–water partition coefficient (Wildman–Crippen LogP) is 3.92. The summed E-state index contributed by atoms with van der Waals surface area (Å²) >= 11 is 6.00. The van der Waals surface area contributed by atoms with Gasteiger partial charge in [-0.3, -0.25) is 4.79 Å². The first-order valence-corrected chi connectivity index (χ1v) is 11.1. The summed E-state index contributed by atoms with van der Waals surface area (Å²) in [5.74, 6) is -0.140. The summed E-state index contributed by atoms with van der Waals surface area (Å²) < 4.78 is 26.0. The molecule has 0 saturated carbocycles. The van der Waals surface area contributed by atoms with Crippen LogP contribution in [-0.2, 0) is 21.2 Å². The van der Waals surface area contributed by atoms with Crippen LogP contribution in [0.25, 0.3) is 0 Å². The second-order valence-corrected chi connectivity index (χ2v) is 10.2. The first-order chi connectivity index (χ1) is 13.1. The first-order valence-electron chi connectivity index (χ1n) is 9.25. The predicted molar refractivity (Wildman–Crippen MR) is 112 cm³/mol. The number of benzene rings is 2. The lowest BCUT2D eigenvalue weighted by atomic mass is 9.87. The fraction of sp³-hybridized carbons (Fsp3) is 0.381. The van der Waals surface area contributed by atoms with E-state index in [1.54, 1.807) is 35.2 Å². The van der Waals surface area contributed by atoms with Gasteiger partial charge in [-0.1, -0.05) is 37.6 Å². The van der Waals surface area contributed by atoms with Crippen molar-refractivity contribution in [2.75, 3.05) is 25.5 Å². The van der Waals surface area contributed by atoms with Gasteiger partial charge in [-0.05, 0) is 53.8 Å². The van der Waals surface area contributed by atoms with E-state index < -0.39 is 10.0 Å². The zero-order valence-electron chi connectivity index (χ0n) is 16.5. The highest BCUT2D eigenvalue weighted by atomic mass is 35.5. The Morgan fingerprint density at radius 2 is 1.75 bits per heavy atom. The van der Waals surface area contributed by atoms with Crippen LogP contribution in [0.15, 0.2) is 47.4 Å². The average molecular weight is 421 g/mol. The van der Waals surface area contributed by atoms with Crippen LogP contribution in [0.3, 0.4) is 0 Å². The zero-order valence-corrected chi connectivity index (χ0v) is 18.1. The van der Waals surface area contributed by atoms with E-state index in [9.17, 15) is 13.2 Å². The molecular weight excluding hydrogens is 396 g/mol. The molecule has 5 nitrogen and oxygen atoms in total. The molecule has 1 heterocycles. The molecule has 1 atom stereocenters. The van der Waals surface area contributed by atoms with E-state index in [4.69, 9.17) is 11.6 Å². The molecule has 0 aromatic heterocycles. The number of amides is 1. The highest BCUT2D eigenvalue weighted by molar-refractivity contribution is 7.89. The molecule has 0 spiro atoms. The quantitative estimate of drug-likeness (QED) is 0.736. The molecule has 1 aliphatic heterocycles.